The molecule has 0 bridgehead atoms. The van der Waals surface area contributed by atoms with Gasteiger partial charge in [0.15, 0.2) is 0 Å². The van der Waals surface area contributed by atoms with E-state index in [4.69, 9.17) is 14.6 Å². The van der Waals surface area contributed by atoms with E-state index in [1.807, 2.05) is 0 Å². The van der Waals surface area contributed by atoms with Crippen molar-refractivity contribution in [3.05, 3.63) is 18.2 Å². The molecule has 0 saturated heterocycles. The quantitative estimate of drug-likeness (QED) is 0.774. The van der Waals surface area contributed by atoms with Crippen LogP contribution < -0.4 is 14.2 Å². The van der Waals surface area contributed by atoms with Crippen LogP contribution in [0.15, 0.2) is 23.1 Å². The van der Waals surface area contributed by atoms with E-state index < -0.39 is 16.1 Å². The van der Waals surface area contributed by atoms with E-state index in [0.717, 1.165) is 0 Å². The summed E-state index contributed by atoms with van der Waals surface area (Å²) in [6, 6.07) is 3.92. The minimum absolute atomic E-state index is 0.0164. The molecule has 1 aromatic carbocycles. The summed E-state index contributed by atoms with van der Waals surface area (Å²) in [6.07, 6.45) is 0.494. The fourth-order valence-corrected chi connectivity index (χ4v) is 2.99. The lowest BCUT2D eigenvalue weighted by atomic mass is 10.3. The topological polar surface area (TPSA) is 84.9 Å². The lowest BCUT2D eigenvalue weighted by molar-refractivity contribution is 0.253. The molecule has 19 heavy (non-hydrogen) atoms. The molecule has 0 fully saturated rings. The summed E-state index contributed by atoms with van der Waals surface area (Å²) in [5, 5.41) is 9.07. The van der Waals surface area contributed by atoms with E-state index in [1.165, 1.54) is 32.4 Å². The molecule has 1 aromatic rings. The number of rotatable bonds is 7. The molecule has 0 heterocycles. The molecular weight excluding hydrogens is 270 g/mol. The number of methoxy groups -OCH3 is 2. The van der Waals surface area contributed by atoms with Gasteiger partial charge in [-0.1, -0.05) is 6.92 Å². The highest BCUT2D eigenvalue weighted by atomic mass is 32.2. The first-order valence-corrected chi connectivity index (χ1v) is 7.32. The third kappa shape index (κ3) is 3.82. The Morgan fingerprint density at radius 3 is 2.47 bits per heavy atom. The fourth-order valence-electron chi connectivity index (χ4n) is 1.53. The van der Waals surface area contributed by atoms with Gasteiger partial charge < -0.3 is 14.6 Å². The minimum Gasteiger partial charge on any atom is -0.497 e. The van der Waals surface area contributed by atoms with Crippen molar-refractivity contribution < 1.29 is 23.0 Å². The summed E-state index contributed by atoms with van der Waals surface area (Å²) in [6.45, 7) is 1.53. The van der Waals surface area contributed by atoms with Crippen molar-refractivity contribution in [2.75, 3.05) is 20.8 Å². The molecule has 0 aliphatic rings. The Hall–Kier alpha value is -1.31. The van der Waals surface area contributed by atoms with E-state index in [2.05, 4.69) is 4.72 Å². The van der Waals surface area contributed by atoms with Gasteiger partial charge in [0.25, 0.3) is 0 Å². The normalized spacial score (nSPS) is 13.1. The summed E-state index contributed by atoms with van der Waals surface area (Å²) in [7, 11) is -0.870. The SMILES string of the molecule is CCC(CO)NS(=O)(=O)c1ccc(OC)cc1OC. The van der Waals surface area contributed by atoms with Crippen LogP contribution in [0.2, 0.25) is 0 Å². The molecule has 6 nitrogen and oxygen atoms in total. The van der Waals surface area contributed by atoms with Crippen LogP contribution in [0.25, 0.3) is 0 Å². The lowest BCUT2D eigenvalue weighted by Gasteiger charge is -2.16. The summed E-state index contributed by atoms with van der Waals surface area (Å²) in [4.78, 5) is 0.0164. The average molecular weight is 289 g/mol. The number of sulfonamides is 1. The van der Waals surface area contributed by atoms with Gasteiger partial charge in [-0.2, -0.15) is 0 Å². The van der Waals surface area contributed by atoms with Gasteiger partial charge in [-0.25, -0.2) is 13.1 Å². The highest BCUT2D eigenvalue weighted by Crippen LogP contribution is 2.28. The summed E-state index contributed by atoms with van der Waals surface area (Å²) >= 11 is 0. The van der Waals surface area contributed by atoms with E-state index in [1.54, 1.807) is 6.92 Å². The fraction of sp³-hybridized carbons (Fsp3) is 0.500. The highest BCUT2D eigenvalue weighted by Gasteiger charge is 2.22. The molecule has 0 spiro atoms. The predicted octanol–water partition coefficient (Wildman–Crippen LogP) is 0.753. The number of hydrogen-bond acceptors (Lipinski definition) is 5. The van der Waals surface area contributed by atoms with E-state index in [0.29, 0.717) is 12.2 Å². The zero-order valence-electron chi connectivity index (χ0n) is 11.2. The van der Waals surface area contributed by atoms with Crippen LogP contribution in [0.4, 0.5) is 0 Å². The zero-order chi connectivity index (χ0) is 14.5. The van der Waals surface area contributed by atoms with Crippen LogP contribution in [0.5, 0.6) is 11.5 Å². The van der Waals surface area contributed by atoms with Gasteiger partial charge in [0.05, 0.1) is 20.8 Å². The molecule has 0 aliphatic heterocycles. The summed E-state index contributed by atoms with van der Waals surface area (Å²) in [5.41, 5.74) is 0. The van der Waals surface area contributed by atoms with Crippen LogP contribution >= 0.6 is 0 Å². The Labute approximate surface area is 113 Å². The second kappa shape index (κ2) is 6.74. The molecule has 7 heteroatoms. The van der Waals surface area contributed by atoms with Gasteiger partial charge in [0.2, 0.25) is 10.0 Å². The van der Waals surface area contributed by atoms with E-state index in [9.17, 15) is 8.42 Å². The van der Waals surface area contributed by atoms with Gasteiger partial charge in [-0.3, -0.25) is 0 Å². The standard InChI is InChI=1S/C12H19NO5S/c1-4-9(8-14)13-19(15,16)12-6-5-10(17-2)7-11(12)18-3/h5-7,9,13-14H,4,8H2,1-3H3. The third-order valence-corrected chi connectivity index (χ3v) is 4.26. The number of aliphatic hydroxyl groups is 1. The number of hydrogen-bond donors (Lipinski definition) is 2. The number of nitrogens with one attached hydrogen (secondary N) is 1. The van der Waals surface area contributed by atoms with Crippen LogP contribution in [0, 0.1) is 0 Å². The lowest BCUT2D eigenvalue weighted by Crippen LogP contribution is -2.37. The monoisotopic (exact) mass is 289 g/mol. The van der Waals surface area contributed by atoms with Gasteiger partial charge in [0.1, 0.15) is 16.4 Å². The molecule has 2 N–H and O–H groups in total. The Bertz CT molecular complexity index is 511. The van der Waals surface area contributed by atoms with Crippen LogP contribution in [-0.4, -0.2) is 40.4 Å². The van der Waals surface area contributed by atoms with Crippen molar-refractivity contribution in [3.63, 3.8) is 0 Å². The molecule has 0 amide bonds. The van der Waals surface area contributed by atoms with E-state index >= 15 is 0 Å². The van der Waals surface area contributed by atoms with E-state index in [-0.39, 0.29) is 17.3 Å². The Morgan fingerprint density at radius 2 is 2.00 bits per heavy atom. The second-order valence-corrected chi connectivity index (χ2v) is 5.61. The maximum atomic E-state index is 12.2. The Balaban J connectivity index is 3.13. The van der Waals surface area contributed by atoms with Crippen molar-refractivity contribution in [1.29, 1.82) is 0 Å². The molecule has 1 rings (SSSR count). The smallest absolute Gasteiger partial charge is 0.244 e. The predicted molar refractivity (Wildman–Crippen MR) is 71.0 cm³/mol. The first kappa shape index (κ1) is 15.7. The molecule has 0 aromatic heterocycles. The maximum absolute atomic E-state index is 12.2. The first-order chi connectivity index (χ1) is 8.98. The maximum Gasteiger partial charge on any atom is 0.244 e. The third-order valence-electron chi connectivity index (χ3n) is 2.70. The molecule has 0 aliphatic carbocycles. The van der Waals surface area contributed by atoms with Crippen LogP contribution in [0.1, 0.15) is 13.3 Å². The van der Waals surface area contributed by atoms with Crippen molar-refractivity contribution >= 4 is 10.0 Å². The van der Waals surface area contributed by atoms with Gasteiger partial charge >= 0.3 is 0 Å². The number of ether oxygens (including phenoxy) is 2. The number of benzene rings is 1. The molecular formula is C12H19NO5S. The van der Waals surface area contributed by atoms with Crippen LogP contribution in [-0.2, 0) is 10.0 Å². The van der Waals surface area contributed by atoms with Gasteiger partial charge in [0, 0.05) is 12.1 Å². The van der Waals surface area contributed by atoms with Crippen LogP contribution in [0.3, 0.4) is 0 Å². The molecule has 1 atom stereocenters. The highest BCUT2D eigenvalue weighted by molar-refractivity contribution is 7.89. The van der Waals surface area contributed by atoms with Crippen molar-refractivity contribution in [2.24, 2.45) is 0 Å². The molecule has 0 radical (unpaired) electrons. The number of aliphatic hydroxyl groups excluding tert-OH is 1. The molecule has 108 valence electrons. The first-order valence-electron chi connectivity index (χ1n) is 5.83. The van der Waals surface area contributed by atoms with Crippen molar-refractivity contribution in [2.45, 2.75) is 24.3 Å². The van der Waals surface area contributed by atoms with Gasteiger partial charge in [-0.05, 0) is 18.6 Å². The summed E-state index contributed by atoms with van der Waals surface area (Å²) < 4.78 is 36.9. The minimum atomic E-state index is -3.74. The summed E-state index contributed by atoms with van der Waals surface area (Å²) in [5.74, 6) is 0.699. The average Bonchev–Trinajstić information content (AvgIpc) is 2.43. The largest absolute Gasteiger partial charge is 0.497 e. The van der Waals surface area contributed by atoms with Gasteiger partial charge in [-0.15, -0.1) is 0 Å². The Morgan fingerprint density at radius 1 is 1.32 bits per heavy atom. The van der Waals surface area contributed by atoms with Crippen molar-refractivity contribution in [3.8, 4) is 11.5 Å². The molecule has 0 saturated carbocycles. The molecule has 1 unspecified atom stereocenters. The Kier molecular flexibility index (Phi) is 5.59. The zero-order valence-corrected chi connectivity index (χ0v) is 12.0. The van der Waals surface area contributed by atoms with Crippen molar-refractivity contribution in [1.82, 2.24) is 4.72 Å². The second-order valence-electron chi connectivity index (χ2n) is 3.93.